The summed E-state index contributed by atoms with van der Waals surface area (Å²) in [5.74, 6) is 6.70. The van der Waals surface area contributed by atoms with Crippen LogP contribution >= 0.6 is 0 Å². The fourth-order valence-electron chi connectivity index (χ4n) is 2.10. The number of nitrogens with zero attached hydrogens (tertiary/aromatic N) is 2. The summed E-state index contributed by atoms with van der Waals surface area (Å²) in [6, 6.07) is 3.58. The van der Waals surface area contributed by atoms with Gasteiger partial charge in [-0.15, -0.1) is 0 Å². The van der Waals surface area contributed by atoms with Crippen molar-refractivity contribution in [1.82, 2.24) is 9.88 Å². The third kappa shape index (κ3) is 3.48. The number of rotatable bonds is 4. The molecule has 1 aromatic rings. The van der Waals surface area contributed by atoms with Crippen LogP contribution in [0.25, 0.3) is 0 Å². The lowest BCUT2D eigenvalue weighted by molar-refractivity contribution is 0.0788. The summed E-state index contributed by atoms with van der Waals surface area (Å²) >= 11 is 0. The summed E-state index contributed by atoms with van der Waals surface area (Å²) in [6.45, 7) is 7.03. The first kappa shape index (κ1) is 14.8. The number of carbonyl (C=O) groups excluding carboxylic acids is 1. The van der Waals surface area contributed by atoms with Crippen molar-refractivity contribution in [2.45, 2.75) is 39.0 Å². The topological polar surface area (TPSA) is 71.2 Å². The number of hydrogen-bond donors (Lipinski definition) is 2. The van der Waals surface area contributed by atoms with Crippen LogP contribution in [0.1, 0.15) is 49.7 Å². The number of anilines is 1. The lowest BCUT2D eigenvalue weighted by atomic mass is 9.90. The van der Waals surface area contributed by atoms with Gasteiger partial charge in [-0.1, -0.05) is 20.8 Å². The molecule has 5 heteroatoms. The van der Waals surface area contributed by atoms with Crippen molar-refractivity contribution < 1.29 is 4.79 Å². The number of nitrogens with one attached hydrogen (secondary N) is 1. The molecule has 20 heavy (non-hydrogen) atoms. The van der Waals surface area contributed by atoms with Gasteiger partial charge in [-0.2, -0.15) is 0 Å². The van der Waals surface area contributed by atoms with Gasteiger partial charge in [0.2, 0.25) is 0 Å². The molecule has 0 saturated heterocycles. The fourth-order valence-corrected chi connectivity index (χ4v) is 2.10. The molecular formula is C15H24N4O. The molecule has 1 aromatic heterocycles. The van der Waals surface area contributed by atoms with Gasteiger partial charge in [-0.05, 0) is 30.9 Å². The van der Waals surface area contributed by atoms with E-state index >= 15 is 0 Å². The molecule has 0 radical (unpaired) electrons. The van der Waals surface area contributed by atoms with Crippen molar-refractivity contribution in [1.29, 1.82) is 0 Å². The average molecular weight is 276 g/mol. The number of aromatic nitrogens is 1. The Morgan fingerprint density at radius 2 is 2.10 bits per heavy atom. The maximum absolute atomic E-state index is 12.5. The first-order valence-electron chi connectivity index (χ1n) is 7.06. The molecule has 0 aliphatic heterocycles. The molecule has 0 atom stereocenters. The van der Waals surface area contributed by atoms with Crippen molar-refractivity contribution in [3.8, 4) is 0 Å². The van der Waals surface area contributed by atoms with Gasteiger partial charge in [0, 0.05) is 30.3 Å². The van der Waals surface area contributed by atoms with Crippen molar-refractivity contribution in [2.75, 3.05) is 19.0 Å². The molecule has 0 bridgehead atoms. The molecule has 1 aliphatic carbocycles. The normalized spacial score (nSPS) is 15.1. The average Bonchev–Trinajstić information content (AvgIpc) is 3.20. The molecule has 2 rings (SSSR count). The Bertz CT molecular complexity index is 503. The van der Waals surface area contributed by atoms with Crippen LogP contribution in [0.5, 0.6) is 0 Å². The molecule has 1 amide bonds. The summed E-state index contributed by atoms with van der Waals surface area (Å²) < 4.78 is 0. The van der Waals surface area contributed by atoms with E-state index in [1.807, 2.05) is 13.1 Å². The zero-order valence-electron chi connectivity index (χ0n) is 12.7. The van der Waals surface area contributed by atoms with Crippen LogP contribution in [0.3, 0.4) is 0 Å². The Morgan fingerprint density at radius 3 is 2.60 bits per heavy atom. The highest BCUT2D eigenvalue weighted by Gasteiger charge is 2.26. The third-order valence-corrected chi connectivity index (χ3v) is 3.56. The number of hydrogen-bond acceptors (Lipinski definition) is 4. The van der Waals surface area contributed by atoms with E-state index in [1.165, 1.54) is 12.8 Å². The molecule has 3 N–H and O–H groups in total. The SMILES string of the molecule is CN(CC1CC1)C(=O)c1cc(NN)nc(C(C)(C)C)c1. The van der Waals surface area contributed by atoms with E-state index in [1.54, 1.807) is 11.0 Å². The highest BCUT2D eigenvalue weighted by Crippen LogP contribution is 2.30. The highest BCUT2D eigenvalue weighted by molar-refractivity contribution is 5.95. The van der Waals surface area contributed by atoms with E-state index in [2.05, 4.69) is 31.2 Å². The van der Waals surface area contributed by atoms with Crippen LogP contribution in [0.2, 0.25) is 0 Å². The number of amides is 1. The second-order valence-corrected chi connectivity index (χ2v) is 6.65. The Morgan fingerprint density at radius 1 is 1.45 bits per heavy atom. The van der Waals surface area contributed by atoms with Gasteiger partial charge in [0.15, 0.2) is 0 Å². The quantitative estimate of drug-likeness (QED) is 0.653. The van der Waals surface area contributed by atoms with Crippen molar-refractivity contribution in [3.05, 3.63) is 23.4 Å². The van der Waals surface area contributed by atoms with Gasteiger partial charge in [0.1, 0.15) is 5.82 Å². The smallest absolute Gasteiger partial charge is 0.253 e. The van der Waals surface area contributed by atoms with Crippen LogP contribution in [0, 0.1) is 5.92 Å². The third-order valence-electron chi connectivity index (χ3n) is 3.56. The van der Waals surface area contributed by atoms with Crippen LogP contribution in [0.15, 0.2) is 12.1 Å². The number of pyridine rings is 1. The number of hydrazine groups is 1. The second kappa shape index (κ2) is 5.40. The maximum Gasteiger partial charge on any atom is 0.253 e. The summed E-state index contributed by atoms with van der Waals surface area (Å²) in [5, 5.41) is 0. The Hall–Kier alpha value is -1.62. The maximum atomic E-state index is 12.5. The number of nitrogens with two attached hydrogens (primary N) is 1. The van der Waals surface area contributed by atoms with E-state index < -0.39 is 0 Å². The van der Waals surface area contributed by atoms with Crippen molar-refractivity contribution in [3.63, 3.8) is 0 Å². The van der Waals surface area contributed by atoms with Crippen LogP contribution in [-0.4, -0.2) is 29.4 Å². The molecule has 1 fully saturated rings. The zero-order valence-corrected chi connectivity index (χ0v) is 12.7. The van der Waals surface area contributed by atoms with Crippen LogP contribution in [-0.2, 0) is 5.41 Å². The highest BCUT2D eigenvalue weighted by atomic mass is 16.2. The van der Waals surface area contributed by atoms with E-state index in [4.69, 9.17) is 5.84 Å². The summed E-state index contributed by atoms with van der Waals surface area (Å²) in [5.41, 5.74) is 3.91. The van der Waals surface area contributed by atoms with Crippen molar-refractivity contribution >= 4 is 11.7 Å². The second-order valence-electron chi connectivity index (χ2n) is 6.65. The molecule has 0 unspecified atom stereocenters. The Labute approximate surface area is 120 Å². The van der Waals surface area contributed by atoms with Crippen LogP contribution in [0.4, 0.5) is 5.82 Å². The van der Waals surface area contributed by atoms with Gasteiger partial charge in [-0.25, -0.2) is 10.8 Å². The monoisotopic (exact) mass is 276 g/mol. The van der Waals surface area contributed by atoms with E-state index in [9.17, 15) is 4.79 Å². The molecule has 0 aromatic carbocycles. The number of nitrogen functional groups attached to an aromatic ring is 1. The minimum atomic E-state index is -0.128. The summed E-state index contributed by atoms with van der Waals surface area (Å²) in [7, 11) is 1.85. The molecule has 0 spiro atoms. The standard InChI is InChI=1S/C15H24N4O/c1-15(2,3)12-7-11(8-13(17-12)18-16)14(20)19(4)9-10-5-6-10/h7-8,10H,5-6,9,16H2,1-4H3,(H,17,18). The summed E-state index contributed by atoms with van der Waals surface area (Å²) in [4.78, 5) is 18.7. The number of carbonyl (C=O) groups is 1. The van der Waals surface area contributed by atoms with E-state index in [0.29, 0.717) is 17.3 Å². The van der Waals surface area contributed by atoms with Gasteiger partial charge >= 0.3 is 0 Å². The minimum Gasteiger partial charge on any atom is -0.341 e. The van der Waals surface area contributed by atoms with Crippen LogP contribution < -0.4 is 11.3 Å². The zero-order chi connectivity index (χ0) is 14.9. The lowest BCUT2D eigenvalue weighted by Crippen LogP contribution is -2.29. The molecular weight excluding hydrogens is 252 g/mol. The van der Waals surface area contributed by atoms with Crippen molar-refractivity contribution in [2.24, 2.45) is 11.8 Å². The predicted molar refractivity (Wildman–Crippen MR) is 80.4 cm³/mol. The van der Waals surface area contributed by atoms with E-state index in [-0.39, 0.29) is 11.3 Å². The largest absolute Gasteiger partial charge is 0.341 e. The van der Waals surface area contributed by atoms with Gasteiger partial charge in [0.25, 0.3) is 5.91 Å². The Balaban J connectivity index is 2.27. The van der Waals surface area contributed by atoms with Gasteiger partial charge in [0.05, 0.1) is 0 Å². The predicted octanol–water partition coefficient (Wildman–Crippen LogP) is 2.15. The van der Waals surface area contributed by atoms with Gasteiger partial charge in [-0.3, -0.25) is 4.79 Å². The fraction of sp³-hybridized carbons (Fsp3) is 0.600. The Kier molecular flexibility index (Phi) is 3.99. The molecule has 110 valence electrons. The van der Waals surface area contributed by atoms with Gasteiger partial charge < -0.3 is 10.3 Å². The molecule has 1 heterocycles. The summed E-state index contributed by atoms with van der Waals surface area (Å²) in [6.07, 6.45) is 2.47. The molecule has 1 aliphatic rings. The van der Waals surface area contributed by atoms with E-state index in [0.717, 1.165) is 12.2 Å². The first-order chi connectivity index (χ1) is 9.31. The lowest BCUT2D eigenvalue weighted by Gasteiger charge is -2.22. The molecule has 1 saturated carbocycles. The minimum absolute atomic E-state index is 0.0290. The first-order valence-corrected chi connectivity index (χ1v) is 7.06. The molecule has 5 nitrogen and oxygen atoms in total.